The van der Waals surface area contributed by atoms with Gasteiger partial charge < -0.3 is 9.32 Å². The first-order valence-electron chi connectivity index (χ1n) is 9.21. The summed E-state index contributed by atoms with van der Waals surface area (Å²) >= 11 is 3.44. The quantitative estimate of drug-likeness (QED) is 0.617. The van der Waals surface area contributed by atoms with Gasteiger partial charge in [0, 0.05) is 40.8 Å². The van der Waals surface area contributed by atoms with E-state index in [4.69, 9.17) is 4.42 Å². The maximum absolute atomic E-state index is 13.0. The second kappa shape index (κ2) is 6.17. The predicted molar refractivity (Wildman–Crippen MR) is 108 cm³/mol. The summed E-state index contributed by atoms with van der Waals surface area (Å²) in [5.41, 5.74) is 3.23. The van der Waals surface area contributed by atoms with E-state index < -0.39 is 0 Å². The summed E-state index contributed by atoms with van der Waals surface area (Å²) in [7, 11) is 2.17. The van der Waals surface area contributed by atoms with Gasteiger partial charge in [0.2, 0.25) is 5.89 Å². The van der Waals surface area contributed by atoms with Gasteiger partial charge in [-0.1, -0.05) is 15.9 Å². The average molecular weight is 426 g/mol. The van der Waals surface area contributed by atoms with Crippen LogP contribution in [0.1, 0.15) is 23.2 Å². The van der Waals surface area contributed by atoms with E-state index in [2.05, 4.69) is 32.9 Å². The molecular formula is C21H20BrN3O2. The second-order valence-corrected chi connectivity index (χ2v) is 8.50. The molecule has 0 N–H and O–H groups in total. The normalized spacial score (nSPS) is 19.0. The highest BCUT2D eigenvalue weighted by Gasteiger charge is 2.50. The van der Waals surface area contributed by atoms with Crippen molar-refractivity contribution in [2.45, 2.75) is 18.4 Å². The van der Waals surface area contributed by atoms with Crippen molar-refractivity contribution in [3.05, 3.63) is 52.5 Å². The Labute approximate surface area is 166 Å². The number of hydrogen-bond acceptors (Lipinski definition) is 4. The first-order chi connectivity index (χ1) is 13.0. The number of fused-ring (bicyclic) bond motifs is 1. The molecule has 0 bridgehead atoms. The molecule has 138 valence electrons. The lowest BCUT2D eigenvalue weighted by Gasteiger charge is -2.40. The Morgan fingerprint density at radius 3 is 2.67 bits per heavy atom. The molecule has 0 unspecified atom stereocenters. The number of piperazine rings is 1. The summed E-state index contributed by atoms with van der Waals surface area (Å²) in [5, 5.41) is 0. The third kappa shape index (κ3) is 2.97. The minimum absolute atomic E-state index is 0.0875. The first kappa shape index (κ1) is 17.0. The van der Waals surface area contributed by atoms with Crippen molar-refractivity contribution in [1.29, 1.82) is 0 Å². The molecule has 0 atom stereocenters. The predicted octanol–water partition coefficient (Wildman–Crippen LogP) is 4.18. The van der Waals surface area contributed by atoms with Gasteiger partial charge in [0.15, 0.2) is 5.58 Å². The SMILES string of the molecule is CN1CCN(C(=O)c2ccc3oc(-c4ccc(Br)cc4)nc3c2)CC12CC2. The van der Waals surface area contributed by atoms with Crippen LogP contribution in [0.5, 0.6) is 0 Å². The maximum Gasteiger partial charge on any atom is 0.254 e. The number of carbonyl (C=O) groups is 1. The number of carbonyl (C=O) groups excluding carboxylic acids is 1. The Hall–Kier alpha value is -2.18. The first-order valence-corrected chi connectivity index (χ1v) is 10.0. The molecule has 1 spiro atoms. The molecule has 1 aliphatic heterocycles. The van der Waals surface area contributed by atoms with Gasteiger partial charge in [-0.05, 0) is 62.4 Å². The maximum atomic E-state index is 13.0. The smallest absolute Gasteiger partial charge is 0.254 e. The van der Waals surface area contributed by atoms with E-state index >= 15 is 0 Å². The molecule has 1 saturated heterocycles. The zero-order valence-electron chi connectivity index (χ0n) is 15.1. The Kier molecular flexibility index (Phi) is 3.88. The number of hydrogen-bond donors (Lipinski definition) is 0. The van der Waals surface area contributed by atoms with Gasteiger partial charge in [-0.2, -0.15) is 0 Å². The van der Waals surface area contributed by atoms with Gasteiger partial charge >= 0.3 is 0 Å². The average Bonchev–Trinajstić information content (AvgIpc) is 3.32. The molecule has 1 aromatic heterocycles. The van der Waals surface area contributed by atoms with Gasteiger partial charge in [0.25, 0.3) is 5.91 Å². The lowest BCUT2D eigenvalue weighted by atomic mass is 10.1. The second-order valence-electron chi connectivity index (χ2n) is 7.58. The van der Waals surface area contributed by atoms with Gasteiger partial charge in [-0.15, -0.1) is 0 Å². The fraction of sp³-hybridized carbons (Fsp3) is 0.333. The third-order valence-corrected chi connectivity index (χ3v) is 6.37. The summed E-state index contributed by atoms with van der Waals surface area (Å²) in [5.74, 6) is 0.656. The largest absolute Gasteiger partial charge is 0.436 e. The number of halogens is 1. The molecule has 2 aliphatic rings. The van der Waals surface area contributed by atoms with E-state index in [-0.39, 0.29) is 11.4 Å². The van der Waals surface area contributed by atoms with Crippen LogP contribution in [0.3, 0.4) is 0 Å². The van der Waals surface area contributed by atoms with E-state index in [1.165, 1.54) is 12.8 Å². The zero-order chi connectivity index (χ0) is 18.6. The lowest BCUT2D eigenvalue weighted by molar-refractivity contribution is 0.0497. The molecule has 6 heteroatoms. The fourth-order valence-corrected chi connectivity index (χ4v) is 4.14. The molecule has 1 aliphatic carbocycles. The van der Waals surface area contributed by atoms with Crippen LogP contribution < -0.4 is 0 Å². The van der Waals surface area contributed by atoms with Gasteiger partial charge in [-0.3, -0.25) is 9.69 Å². The Morgan fingerprint density at radius 1 is 1.15 bits per heavy atom. The van der Waals surface area contributed by atoms with Crippen LogP contribution in [0.15, 0.2) is 51.4 Å². The number of nitrogens with zero attached hydrogens (tertiary/aromatic N) is 3. The van der Waals surface area contributed by atoms with Crippen LogP contribution in [0.25, 0.3) is 22.6 Å². The number of rotatable bonds is 2. The number of aromatic nitrogens is 1. The third-order valence-electron chi connectivity index (χ3n) is 5.84. The molecule has 2 aromatic carbocycles. The summed E-state index contributed by atoms with van der Waals surface area (Å²) in [6, 6.07) is 13.4. The van der Waals surface area contributed by atoms with E-state index in [0.717, 1.165) is 29.7 Å². The monoisotopic (exact) mass is 425 g/mol. The van der Waals surface area contributed by atoms with Crippen LogP contribution in [0.2, 0.25) is 0 Å². The van der Waals surface area contributed by atoms with Crippen molar-refractivity contribution in [2.75, 3.05) is 26.7 Å². The van der Waals surface area contributed by atoms with Crippen molar-refractivity contribution < 1.29 is 9.21 Å². The molecule has 3 aromatic rings. The highest BCUT2D eigenvalue weighted by atomic mass is 79.9. The molecule has 1 saturated carbocycles. The number of oxazole rings is 1. The molecule has 5 rings (SSSR count). The van der Waals surface area contributed by atoms with Crippen molar-refractivity contribution in [2.24, 2.45) is 0 Å². The van der Waals surface area contributed by atoms with Crippen molar-refractivity contribution in [3.63, 3.8) is 0 Å². The minimum atomic E-state index is 0.0875. The highest BCUT2D eigenvalue weighted by molar-refractivity contribution is 9.10. The molecule has 27 heavy (non-hydrogen) atoms. The topological polar surface area (TPSA) is 49.6 Å². The molecule has 5 nitrogen and oxygen atoms in total. The van der Waals surface area contributed by atoms with Gasteiger partial charge in [-0.25, -0.2) is 4.98 Å². The lowest BCUT2D eigenvalue weighted by Crippen LogP contribution is -2.54. The molecule has 0 radical (unpaired) electrons. The highest BCUT2D eigenvalue weighted by Crippen LogP contribution is 2.43. The van der Waals surface area contributed by atoms with Crippen LogP contribution in [-0.4, -0.2) is 52.9 Å². The Balaban J connectivity index is 1.42. The summed E-state index contributed by atoms with van der Waals surface area (Å²) in [6.45, 7) is 2.53. The molecular weight excluding hydrogens is 406 g/mol. The molecule has 2 fully saturated rings. The van der Waals surface area contributed by atoms with Crippen molar-refractivity contribution in [3.8, 4) is 11.5 Å². The van der Waals surface area contributed by atoms with Crippen molar-refractivity contribution in [1.82, 2.24) is 14.8 Å². The van der Waals surface area contributed by atoms with Gasteiger partial charge in [0.1, 0.15) is 5.52 Å². The van der Waals surface area contributed by atoms with Crippen LogP contribution >= 0.6 is 15.9 Å². The van der Waals surface area contributed by atoms with E-state index in [1.54, 1.807) is 0 Å². The minimum Gasteiger partial charge on any atom is -0.436 e. The Bertz CT molecular complexity index is 1020. The van der Waals surface area contributed by atoms with E-state index in [1.807, 2.05) is 47.4 Å². The van der Waals surface area contributed by atoms with Crippen LogP contribution in [0, 0.1) is 0 Å². The number of likely N-dealkylation sites (N-methyl/N-ethyl adjacent to an activating group) is 1. The summed E-state index contributed by atoms with van der Waals surface area (Å²) in [4.78, 5) is 22.0. The Morgan fingerprint density at radius 2 is 1.93 bits per heavy atom. The summed E-state index contributed by atoms with van der Waals surface area (Å²) in [6.07, 6.45) is 2.37. The van der Waals surface area contributed by atoms with Gasteiger partial charge in [0.05, 0.1) is 0 Å². The number of benzene rings is 2. The van der Waals surface area contributed by atoms with Crippen LogP contribution in [0.4, 0.5) is 0 Å². The summed E-state index contributed by atoms with van der Waals surface area (Å²) < 4.78 is 6.88. The van der Waals surface area contributed by atoms with Crippen molar-refractivity contribution >= 4 is 32.9 Å². The number of amides is 1. The van der Waals surface area contributed by atoms with E-state index in [9.17, 15) is 4.79 Å². The van der Waals surface area contributed by atoms with E-state index in [0.29, 0.717) is 22.6 Å². The zero-order valence-corrected chi connectivity index (χ0v) is 16.7. The molecule has 2 heterocycles. The van der Waals surface area contributed by atoms with Crippen LogP contribution in [-0.2, 0) is 0 Å². The standard InChI is InChI=1S/C21H20BrN3O2/c1-24-10-11-25(13-21(24)8-9-21)20(26)15-4-7-18-17(12-15)23-19(27-18)14-2-5-16(22)6-3-14/h2-7,12H,8-11,13H2,1H3. The molecule has 1 amide bonds. The fourth-order valence-electron chi connectivity index (χ4n) is 3.88.